The standard InChI is InChI=1S/C24H26N2/c1-3-24(4-2)20-8-6-5-7-18(20)19-13-14-21(26)22(23(19)24)17-11-9-16(15-25)10-12-17/h5-14H,3-4,15,25-26H2,1-2H3. The van der Waals surface area contributed by atoms with Gasteiger partial charge in [-0.25, -0.2) is 0 Å². The van der Waals surface area contributed by atoms with Gasteiger partial charge in [-0.3, -0.25) is 0 Å². The van der Waals surface area contributed by atoms with Crippen LogP contribution in [0, 0.1) is 0 Å². The summed E-state index contributed by atoms with van der Waals surface area (Å²) in [7, 11) is 0. The molecule has 0 saturated carbocycles. The Labute approximate surface area is 155 Å². The third kappa shape index (κ3) is 2.22. The minimum atomic E-state index is 0.0170. The molecular formula is C24H26N2. The summed E-state index contributed by atoms with van der Waals surface area (Å²) >= 11 is 0. The first-order valence-corrected chi connectivity index (χ1v) is 9.48. The average molecular weight is 342 g/mol. The van der Waals surface area contributed by atoms with E-state index in [0.717, 1.165) is 24.1 Å². The summed E-state index contributed by atoms with van der Waals surface area (Å²) < 4.78 is 0. The second kappa shape index (κ2) is 6.30. The highest BCUT2D eigenvalue weighted by molar-refractivity contribution is 5.93. The van der Waals surface area contributed by atoms with Gasteiger partial charge in [-0.05, 0) is 52.3 Å². The normalized spacial score (nSPS) is 14.1. The zero-order chi connectivity index (χ0) is 18.3. The van der Waals surface area contributed by atoms with E-state index in [2.05, 4.69) is 74.5 Å². The van der Waals surface area contributed by atoms with Gasteiger partial charge in [0.05, 0.1) is 0 Å². The summed E-state index contributed by atoms with van der Waals surface area (Å²) in [6, 6.07) is 21.6. The number of fused-ring (bicyclic) bond motifs is 3. The third-order valence-electron chi connectivity index (χ3n) is 6.13. The van der Waals surface area contributed by atoms with Gasteiger partial charge in [-0.2, -0.15) is 0 Å². The van der Waals surface area contributed by atoms with E-state index in [1.54, 1.807) is 0 Å². The monoisotopic (exact) mass is 342 g/mol. The maximum atomic E-state index is 6.54. The van der Waals surface area contributed by atoms with Gasteiger partial charge in [-0.1, -0.05) is 68.4 Å². The van der Waals surface area contributed by atoms with Crippen molar-refractivity contribution in [3.05, 3.63) is 77.4 Å². The molecule has 0 heterocycles. The lowest BCUT2D eigenvalue weighted by Crippen LogP contribution is -2.24. The maximum absolute atomic E-state index is 6.54. The fourth-order valence-electron chi connectivity index (χ4n) is 4.71. The summed E-state index contributed by atoms with van der Waals surface area (Å²) in [4.78, 5) is 0. The van der Waals surface area contributed by atoms with Gasteiger partial charge in [0.25, 0.3) is 0 Å². The van der Waals surface area contributed by atoms with E-state index in [0.29, 0.717) is 6.54 Å². The number of hydrogen-bond acceptors (Lipinski definition) is 2. The Bertz CT molecular complexity index is 950. The summed E-state index contributed by atoms with van der Waals surface area (Å²) in [5.74, 6) is 0. The van der Waals surface area contributed by atoms with Crippen LogP contribution in [0.5, 0.6) is 0 Å². The first-order valence-electron chi connectivity index (χ1n) is 9.48. The lowest BCUT2D eigenvalue weighted by Gasteiger charge is -2.32. The highest BCUT2D eigenvalue weighted by Gasteiger charge is 2.42. The Kier molecular flexibility index (Phi) is 4.08. The Morgan fingerprint density at radius 3 is 2.15 bits per heavy atom. The van der Waals surface area contributed by atoms with Crippen molar-refractivity contribution in [1.29, 1.82) is 0 Å². The molecule has 0 aliphatic heterocycles. The highest BCUT2D eigenvalue weighted by atomic mass is 14.6. The van der Waals surface area contributed by atoms with Crippen LogP contribution < -0.4 is 11.5 Å². The second-order valence-electron chi connectivity index (χ2n) is 7.19. The first kappa shape index (κ1) is 16.9. The van der Waals surface area contributed by atoms with Crippen LogP contribution in [-0.2, 0) is 12.0 Å². The molecule has 3 aromatic carbocycles. The molecule has 0 atom stereocenters. The Hall–Kier alpha value is -2.58. The van der Waals surface area contributed by atoms with Crippen molar-refractivity contribution in [1.82, 2.24) is 0 Å². The van der Waals surface area contributed by atoms with Crippen LogP contribution in [0.1, 0.15) is 43.4 Å². The molecule has 1 aliphatic carbocycles. The molecular weight excluding hydrogens is 316 g/mol. The molecule has 0 radical (unpaired) electrons. The first-order chi connectivity index (χ1) is 12.7. The van der Waals surface area contributed by atoms with E-state index in [4.69, 9.17) is 11.5 Å². The predicted octanol–water partition coefficient (Wildman–Crippen LogP) is 5.48. The van der Waals surface area contributed by atoms with Gasteiger partial charge in [0.2, 0.25) is 0 Å². The van der Waals surface area contributed by atoms with Crippen molar-refractivity contribution < 1.29 is 0 Å². The van der Waals surface area contributed by atoms with Gasteiger partial charge in [-0.15, -0.1) is 0 Å². The van der Waals surface area contributed by atoms with E-state index in [9.17, 15) is 0 Å². The van der Waals surface area contributed by atoms with Gasteiger partial charge in [0.1, 0.15) is 0 Å². The molecule has 1 aliphatic rings. The molecule has 0 bridgehead atoms. The number of hydrogen-bond donors (Lipinski definition) is 2. The zero-order valence-electron chi connectivity index (χ0n) is 15.5. The molecule has 0 saturated heterocycles. The molecule has 0 fully saturated rings. The zero-order valence-corrected chi connectivity index (χ0v) is 15.5. The van der Waals surface area contributed by atoms with E-state index in [1.165, 1.54) is 33.4 Å². The van der Waals surface area contributed by atoms with E-state index < -0.39 is 0 Å². The number of nitrogen functional groups attached to an aromatic ring is 1. The maximum Gasteiger partial charge on any atom is 0.0397 e. The molecule has 3 aromatic rings. The molecule has 0 aromatic heterocycles. The van der Waals surface area contributed by atoms with Crippen LogP contribution >= 0.6 is 0 Å². The fourth-order valence-corrected chi connectivity index (χ4v) is 4.71. The van der Waals surface area contributed by atoms with Crippen molar-refractivity contribution >= 4 is 5.69 Å². The summed E-state index contributed by atoms with van der Waals surface area (Å²) in [6.45, 7) is 5.14. The largest absolute Gasteiger partial charge is 0.398 e. The average Bonchev–Trinajstić information content (AvgIpc) is 2.98. The molecule has 4 N–H and O–H groups in total. The number of rotatable bonds is 4. The molecule has 4 rings (SSSR count). The minimum Gasteiger partial charge on any atom is -0.398 e. The van der Waals surface area contributed by atoms with Crippen LogP contribution in [0.3, 0.4) is 0 Å². The van der Waals surface area contributed by atoms with E-state index in [-0.39, 0.29) is 5.41 Å². The van der Waals surface area contributed by atoms with Crippen LogP contribution in [0.15, 0.2) is 60.7 Å². The van der Waals surface area contributed by atoms with Crippen molar-refractivity contribution in [3.8, 4) is 22.3 Å². The van der Waals surface area contributed by atoms with Crippen LogP contribution in [0.2, 0.25) is 0 Å². The van der Waals surface area contributed by atoms with Crippen LogP contribution in [0.4, 0.5) is 5.69 Å². The Balaban J connectivity index is 2.05. The SMILES string of the molecule is CCC1(CC)c2ccccc2-c2ccc(N)c(-c3ccc(CN)cc3)c21. The molecule has 0 amide bonds. The van der Waals surface area contributed by atoms with Crippen molar-refractivity contribution in [2.45, 2.75) is 38.6 Å². The van der Waals surface area contributed by atoms with Crippen molar-refractivity contribution in [2.24, 2.45) is 5.73 Å². The summed E-state index contributed by atoms with van der Waals surface area (Å²) in [5, 5.41) is 0. The van der Waals surface area contributed by atoms with Crippen LogP contribution in [-0.4, -0.2) is 0 Å². The Morgan fingerprint density at radius 2 is 1.50 bits per heavy atom. The van der Waals surface area contributed by atoms with E-state index >= 15 is 0 Å². The highest BCUT2D eigenvalue weighted by Crippen LogP contribution is 2.56. The second-order valence-corrected chi connectivity index (χ2v) is 7.19. The van der Waals surface area contributed by atoms with Crippen molar-refractivity contribution in [3.63, 3.8) is 0 Å². The van der Waals surface area contributed by atoms with Crippen molar-refractivity contribution in [2.75, 3.05) is 5.73 Å². The molecule has 26 heavy (non-hydrogen) atoms. The van der Waals surface area contributed by atoms with Gasteiger partial charge < -0.3 is 11.5 Å². The smallest absolute Gasteiger partial charge is 0.0397 e. The van der Waals surface area contributed by atoms with Crippen LogP contribution in [0.25, 0.3) is 22.3 Å². The summed E-state index contributed by atoms with van der Waals surface area (Å²) in [5.41, 5.74) is 22.2. The van der Waals surface area contributed by atoms with Gasteiger partial charge in [0.15, 0.2) is 0 Å². The molecule has 0 spiro atoms. The Morgan fingerprint density at radius 1 is 0.808 bits per heavy atom. The fraction of sp³-hybridized carbons (Fsp3) is 0.250. The number of anilines is 1. The lowest BCUT2D eigenvalue weighted by molar-refractivity contribution is 0.492. The minimum absolute atomic E-state index is 0.0170. The van der Waals surface area contributed by atoms with Gasteiger partial charge >= 0.3 is 0 Å². The predicted molar refractivity (Wildman–Crippen MR) is 111 cm³/mol. The quantitative estimate of drug-likeness (QED) is 0.617. The molecule has 132 valence electrons. The topological polar surface area (TPSA) is 52.0 Å². The van der Waals surface area contributed by atoms with E-state index in [1.807, 2.05) is 0 Å². The molecule has 2 heteroatoms. The third-order valence-corrected chi connectivity index (χ3v) is 6.13. The number of benzene rings is 3. The summed E-state index contributed by atoms with van der Waals surface area (Å²) in [6.07, 6.45) is 2.12. The molecule has 0 unspecified atom stereocenters. The molecule has 2 nitrogen and oxygen atoms in total. The van der Waals surface area contributed by atoms with Gasteiger partial charge in [0, 0.05) is 23.2 Å². The lowest BCUT2D eigenvalue weighted by atomic mass is 9.71. The number of nitrogens with two attached hydrogens (primary N) is 2.